The van der Waals surface area contributed by atoms with Crippen molar-refractivity contribution in [2.75, 3.05) is 12.3 Å². The van der Waals surface area contributed by atoms with Crippen molar-refractivity contribution in [3.63, 3.8) is 0 Å². The third-order valence-corrected chi connectivity index (χ3v) is 2.50. The van der Waals surface area contributed by atoms with E-state index in [0.29, 0.717) is 5.69 Å². The zero-order chi connectivity index (χ0) is 9.26. The van der Waals surface area contributed by atoms with Gasteiger partial charge in [0.05, 0.1) is 6.10 Å². The summed E-state index contributed by atoms with van der Waals surface area (Å²) in [5.41, 5.74) is 7.23. The van der Waals surface area contributed by atoms with Crippen LogP contribution in [0.2, 0.25) is 0 Å². The van der Waals surface area contributed by atoms with Crippen LogP contribution in [0.15, 0.2) is 24.3 Å². The summed E-state index contributed by atoms with van der Waals surface area (Å²) >= 11 is 0. The Bertz CT molecular complexity index is 297. The van der Waals surface area contributed by atoms with Gasteiger partial charge in [0.2, 0.25) is 0 Å². The first-order chi connectivity index (χ1) is 6.27. The van der Waals surface area contributed by atoms with Gasteiger partial charge in [-0.1, -0.05) is 12.1 Å². The molecule has 3 nitrogen and oxygen atoms in total. The van der Waals surface area contributed by atoms with E-state index in [9.17, 15) is 5.11 Å². The quantitative estimate of drug-likeness (QED) is 0.583. The lowest BCUT2D eigenvalue weighted by Gasteiger charge is -2.32. The highest BCUT2D eigenvalue weighted by atomic mass is 16.3. The summed E-state index contributed by atoms with van der Waals surface area (Å²) in [7, 11) is 0. The van der Waals surface area contributed by atoms with Crippen molar-refractivity contribution in [1.29, 1.82) is 0 Å². The highest BCUT2D eigenvalue weighted by Crippen LogP contribution is 2.23. The van der Waals surface area contributed by atoms with Gasteiger partial charge in [0.15, 0.2) is 0 Å². The second-order valence-corrected chi connectivity index (χ2v) is 3.46. The van der Waals surface area contributed by atoms with Crippen LogP contribution >= 0.6 is 0 Å². The second-order valence-electron chi connectivity index (χ2n) is 3.46. The lowest BCUT2D eigenvalue weighted by molar-refractivity contribution is 0.0957. The van der Waals surface area contributed by atoms with E-state index in [1.807, 2.05) is 24.3 Å². The molecule has 70 valence electrons. The van der Waals surface area contributed by atoms with Gasteiger partial charge >= 0.3 is 0 Å². The van der Waals surface area contributed by atoms with Gasteiger partial charge in [0.1, 0.15) is 0 Å². The molecule has 1 saturated heterocycles. The molecule has 0 spiro atoms. The van der Waals surface area contributed by atoms with E-state index in [1.165, 1.54) is 0 Å². The summed E-state index contributed by atoms with van der Waals surface area (Å²) in [5, 5.41) is 13.0. The zero-order valence-corrected chi connectivity index (χ0v) is 7.40. The van der Waals surface area contributed by atoms with Gasteiger partial charge in [-0.15, -0.1) is 0 Å². The van der Waals surface area contributed by atoms with Crippen LogP contribution in [0.25, 0.3) is 0 Å². The average Bonchev–Trinajstić information content (AvgIpc) is 2.01. The van der Waals surface area contributed by atoms with Gasteiger partial charge in [-0.3, -0.25) is 0 Å². The molecule has 0 aliphatic carbocycles. The molecule has 0 saturated carbocycles. The largest absolute Gasteiger partial charge is 0.399 e. The minimum atomic E-state index is -0.419. The van der Waals surface area contributed by atoms with Gasteiger partial charge in [-0.05, 0) is 30.7 Å². The standard InChI is InChI=1S/C10H14N2O/c11-8-3-1-2-7(6-8)10(13)9-4-5-12-9/h1-3,6,9-10,12-13H,4-5,11H2. The molecule has 2 unspecified atom stereocenters. The van der Waals surface area contributed by atoms with Crippen molar-refractivity contribution < 1.29 is 5.11 Å². The summed E-state index contributed by atoms with van der Waals surface area (Å²) in [5.74, 6) is 0. The number of benzene rings is 1. The van der Waals surface area contributed by atoms with E-state index in [2.05, 4.69) is 5.32 Å². The maximum Gasteiger partial charge on any atom is 0.0944 e. The summed E-state index contributed by atoms with van der Waals surface area (Å²) in [6.07, 6.45) is 0.618. The Morgan fingerprint density at radius 1 is 1.54 bits per heavy atom. The molecule has 1 fully saturated rings. The number of nitrogens with one attached hydrogen (secondary N) is 1. The first kappa shape index (κ1) is 8.53. The van der Waals surface area contributed by atoms with Crippen molar-refractivity contribution in [2.24, 2.45) is 0 Å². The molecular weight excluding hydrogens is 164 g/mol. The lowest BCUT2D eigenvalue weighted by Crippen LogP contribution is -2.46. The predicted molar refractivity (Wildman–Crippen MR) is 52.2 cm³/mol. The molecule has 1 aromatic rings. The van der Waals surface area contributed by atoms with E-state index in [0.717, 1.165) is 18.5 Å². The molecule has 1 aliphatic heterocycles. The van der Waals surface area contributed by atoms with Gasteiger partial charge in [0, 0.05) is 11.7 Å². The molecule has 0 amide bonds. The van der Waals surface area contributed by atoms with Crippen LogP contribution in [0, 0.1) is 0 Å². The smallest absolute Gasteiger partial charge is 0.0944 e. The molecule has 4 N–H and O–H groups in total. The number of aliphatic hydroxyl groups is 1. The molecule has 1 aromatic carbocycles. The number of hydrogen-bond acceptors (Lipinski definition) is 3. The summed E-state index contributed by atoms with van der Waals surface area (Å²) in [6.45, 7) is 1.00. The fourth-order valence-corrected chi connectivity index (χ4v) is 1.56. The maximum absolute atomic E-state index is 9.85. The van der Waals surface area contributed by atoms with Crippen LogP contribution in [0.3, 0.4) is 0 Å². The Balaban J connectivity index is 2.14. The second kappa shape index (κ2) is 3.36. The molecule has 3 heteroatoms. The van der Waals surface area contributed by atoms with E-state index in [1.54, 1.807) is 0 Å². The molecule has 1 aliphatic rings. The van der Waals surface area contributed by atoms with Gasteiger partial charge < -0.3 is 16.2 Å². The van der Waals surface area contributed by atoms with Crippen LogP contribution in [-0.4, -0.2) is 17.7 Å². The van der Waals surface area contributed by atoms with Crippen molar-refractivity contribution in [2.45, 2.75) is 18.6 Å². The highest BCUT2D eigenvalue weighted by molar-refractivity contribution is 5.41. The maximum atomic E-state index is 9.85. The number of nitrogen functional groups attached to an aromatic ring is 1. The molecule has 0 bridgehead atoms. The average molecular weight is 178 g/mol. The van der Waals surface area contributed by atoms with Crippen molar-refractivity contribution >= 4 is 5.69 Å². The molecule has 1 heterocycles. The molecule has 13 heavy (non-hydrogen) atoms. The first-order valence-electron chi connectivity index (χ1n) is 4.54. The fourth-order valence-electron chi connectivity index (χ4n) is 1.56. The Morgan fingerprint density at radius 3 is 2.85 bits per heavy atom. The number of nitrogens with two attached hydrogens (primary N) is 1. The predicted octanol–water partition coefficient (Wildman–Crippen LogP) is 0.664. The first-order valence-corrected chi connectivity index (χ1v) is 4.54. The van der Waals surface area contributed by atoms with Crippen molar-refractivity contribution in [1.82, 2.24) is 5.32 Å². The number of aliphatic hydroxyl groups excluding tert-OH is 1. The molecule has 0 aromatic heterocycles. The summed E-state index contributed by atoms with van der Waals surface area (Å²) in [6, 6.07) is 7.63. The Morgan fingerprint density at radius 2 is 2.31 bits per heavy atom. The van der Waals surface area contributed by atoms with Crippen molar-refractivity contribution in [3.05, 3.63) is 29.8 Å². The molecule has 2 atom stereocenters. The van der Waals surface area contributed by atoms with Gasteiger partial charge in [-0.2, -0.15) is 0 Å². The number of hydrogen-bond donors (Lipinski definition) is 3. The van der Waals surface area contributed by atoms with Crippen LogP contribution in [0.4, 0.5) is 5.69 Å². The minimum Gasteiger partial charge on any atom is -0.399 e. The zero-order valence-electron chi connectivity index (χ0n) is 7.40. The highest BCUT2D eigenvalue weighted by Gasteiger charge is 2.25. The minimum absolute atomic E-state index is 0.210. The summed E-state index contributed by atoms with van der Waals surface area (Å²) in [4.78, 5) is 0. The van der Waals surface area contributed by atoms with Crippen LogP contribution in [0.5, 0.6) is 0 Å². The Labute approximate surface area is 77.6 Å². The topological polar surface area (TPSA) is 58.3 Å². The normalized spacial score (nSPS) is 23.6. The number of anilines is 1. The third kappa shape index (κ3) is 1.66. The fraction of sp³-hybridized carbons (Fsp3) is 0.400. The lowest BCUT2D eigenvalue weighted by atomic mass is 9.95. The Hall–Kier alpha value is -1.06. The monoisotopic (exact) mass is 178 g/mol. The van der Waals surface area contributed by atoms with E-state index >= 15 is 0 Å². The molecule has 2 rings (SSSR count). The van der Waals surface area contributed by atoms with Gasteiger partial charge in [-0.25, -0.2) is 0 Å². The van der Waals surface area contributed by atoms with E-state index in [-0.39, 0.29) is 6.04 Å². The van der Waals surface area contributed by atoms with Crippen molar-refractivity contribution in [3.8, 4) is 0 Å². The Kier molecular flexibility index (Phi) is 2.20. The van der Waals surface area contributed by atoms with E-state index < -0.39 is 6.10 Å². The van der Waals surface area contributed by atoms with E-state index in [4.69, 9.17) is 5.73 Å². The third-order valence-electron chi connectivity index (χ3n) is 2.50. The summed E-state index contributed by atoms with van der Waals surface area (Å²) < 4.78 is 0. The van der Waals surface area contributed by atoms with Crippen LogP contribution < -0.4 is 11.1 Å². The SMILES string of the molecule is Nc1cccc(C(O)C2CCN2)c1. The molecular formula is C10H14N2O. The molecule has 0 radical (unpaired) electrons. The number of rotatable bonds is 2. The van der Waals surface area contributed by atoms with Gasteiger partial charge in [0.25, 0.3) is 0 Å². The van der Waals surface area contributed by atoms with Crippen LogP contribution in [-0.2, 0) is 0 Å². The van der Waals surface area contributed by atoms with Crippen LogP contribution in [0.1, 0.15) is 18.1 Å².